The van der Waals surface area contributed by atoms with Gasteiger partial charge in [0.05, 0.1) is 21.6 Å². The maximum atomic E-state index is 11.7. The summed E-state index contributed by atoms with van der Waals surface area (Å²) in [5, 5.41) is 23.3. The minimum Gasteiger partial charge on any atom is -0.391 e. The molecule has 2 N–H and O–H groups in total. The number of aliphatic hydroxyl groups is 1. The summed E-state index contributed by atoms with van der Waals surface area (Å²) in [7, 11) is -3.59. The molecule has 20 heavy (non-hydrogen) atoms. The quantitative estimate of drug-likeness (QED) is 0.603. The topological polar surface area (TPSA) is 110 Å². The van der Waals surface area contributed by atoms with E-state index >= 15 is 0 Å². The van der Waals surface area contributed by atoms with Crippen molar-refractivity contribution in [2.24, 2.45) is 5.92 Å². The van der Waals surface area contributed by atoms with Crippen molar-refractivity contribution in [3.8, 4) is 0 Å². The lowest BCUT2D eigenvalue weighted by atomic mass is 10.2. The molecule has 0 saturated heterocycles. The Balaban J connectivity index is 2.24. The number of hydrogen-bond donors (Lipinski definition) is 2. The zero-order valence-corrected chi connectivity index (χ0v) is 11.8. The predicted molar refractivity (Wildman–Crippen MR) is 73.4 cm³/mol. The van der Waals surface area contributed by atoms with Crippen LogP contribution in [0.5, 0.6) is 0 Å². The van der Waals surface area contributed by atoms with E-state index in [0.717, 1.165) is 25.2 Å². The minimum absolute atomic E-state index is 0.130. The van der Waals surface area contributed by atoms with Crippen molar-refractivity contribution < 1.29 is 18.4 Å². The number of anilines is 1. The number of rotatable bonds is 6. The van der Waals surface area contributed by atoms with E-state index in [9.17, 15) is 23.6 Å². The van der Waals surface area contributed by atoms with Gasteiger partial charge in [-0.25, -0.2) is 8.42 Å². The number of nitro benzene ring substituents is 1. The summed E-state index contributed by atoms with van der Waals surface area (Å²) in [6.45, 7) is 0.227. The lowest BCUT2D eigenvalue weighted by molar-refractivity contribution is -0.385. The van der Waals surface area contributed by atoms with Crippen molar-refractivity contribution in [1.29, 1.82) is 0 Å². The van der Waals surface area contributed by atoms with Crippen LogP contribution in [0.1, 0.15) is 12.8 Å². The van der Waals surface area contributed by atoms with Gasteiger partial charge in [0.2, 0.25) is 0 Å². The van der Waals surface area contributed by atoms with Gasteiger partial charge in [-0.3, -0.25) is 10.1 Å². The Hall–Kier alpha value is -1.67. The van der Waals surface area contributed by atoms with Gasteiger partial charge in [-0.2, -0.15) is 0 Å². The van der Waals surface area contributed by atoms with Gasteiger partial charge in [0.25, 0.3) is 5.69 Å². The van der Waals surface area contributed by atoms with Gasteiger partial charge in [0, 0.05) is 24.9 Å². The highest BCUT2D eigenvalue weighted by atomic mass is 32.2. The maximum Gasteiger partial charge on any atom is 0.270 e. The summed E-state index contributed by atoms with van der Waals surface area (Å²) in [6.07, 6.45) is 2.41. The molecular weight excluding hydrogens is 284 g/mol. The molecule has 8 heteroatoms. The van der Waals surface area contributed by atoms with Crippen molar-refractivity contribution in [2.45, 2.75) is 23.8 Å². The molecule has 0 spiro atoms. The van der Waals surface area contributed by atoms with E-state index in [-0.39, 0.29) is 28.7 Å². The normalized spacial score (nSPS) is 16.7. The van der Waals surface area contributed by atoms with Crippen LogP contribution in [-0.2, 0) is 9.84 Å². The van der Waals surface area contributed by atoms with Gasteiger partial charge in [0.15, 0.2) is 9.84 Å². The molecule has 1 saturated carbocycles. The van der Waals surface area contributed by atoms with E-state index in [1.165, 1.54) is 12.1 Å². The van der Waals surface area contributed by atoms with Gasteiger partial charge in [-0.05, 0) is 24.8 Å². The summed E-state index contributed by atoms with van der Waals surface area (Å²) in [6, 6.07) is 3.62. The van der Waals surface area contributed by atoms with Crippen molar-refractivity contribution >= 4 is 21.2 Å². The zero-order chi connectivity index (χ0) is 14.9. The Kier molecular flexibility index (Phi) is 3.96. The lowest BCUT2D eigenvalue weighted by Gasteiger charge is -2.14. The minimum atomic E-state index is -3.59. The van der Waals surface area contributed by atoms with Crippen LogP contribution < -0.4 is 5.32 Å². The van der Waals surface area contributed by atoms with Gasteiger partial charge in [-0.15, -0.1) is 0 Å². The van der Waals surface area contributed by atoms with Crippen molar-refractivity contribution in [2.75, 3.05) is 18.1 Å². The first-order valence-corrected chi connectivity index (χ1v) is 8.08. The lowest BCUT2D eigenvalue weighted by Crippen LogP contribution is -2.22. The van der Waals surface area contributed by atoms with Gasteiger partial charge < -0.3 is 10.4 Å². The van der Waals surface area contributed by atoms with Crippen molar-refractivity contribution in [3.05, 3.63) is 28.3 Å². The molecule has 1 unspecified atom stereocenters. The highest BCUT2D eigenvalue weighted by molar-refractivity contribution is 7.90. The average Bonchev–Trinajstić information content (AvgIpc) is 3.18. The van der Waals surface area contributed by atoms with Crippen LogP contribution in [0.4, 0.5) is 11.4 Å². The number of hydrogen-bond acceptors (Lipinski definition) is 6. The number of non-ortho nitro benzene ring substituents is 1. The predicted octanol–water partition coefficient (Wildman–Crippen LogP) is 1.18. The van der Waals surface area contributed by atoms with E-state index in [0.29, 0.717) is 0 Å². The van der Waals surface area contributed by atoms with Crippen LogP contribution in [0.15, 0.2) is 23.1 Å². The Bertz CT molecular complexity index is 625. The number of nitro groups is 1. The highest BCUT2D eigenvalue weighted by Crippen LogP contribution is 2.33. The summed E-state index contributed by atoms with van der Waals surface area (Å²) < 4.78 is 23.4. The molecule has 2 rings (SSSR count). The first-order valence-electron chi connectivity index (χ1n) is 6.19. The van der Waals surface area contributed by atoms with Gasteiger partial charge in [0.1, 0.15) is 0 Å². The van der Waals surface area contributed by atoms with E-state index in [1.807, 2.05) is 0 Å². The van der Waals surface area contributed by atoms with Gasteiger partial charge >= 0.3 is 0 Å². The number of nitrogens with one attached hydrogen (secondary N) is 1. The number of nitrogens with zero attached hydrogens (tertiary/aromatic N) is 1. The molecule has 0 radical (unpaired) electrons. The fourth-order valence-electron chi connectivity index (χ4n) is 1.94. The fourth-order valence-corrected chi connectivity index (χ4v) is 2.81. The average molecular weight is 300 g/mol. The molecule has 0 aliphatic heterocycles. The zero-order valence-electron chi connectivity index (χ0n) is 10.9. The van der Waals surface area contributed by atoms with Gasteiger partial charge in [-0.1, -0.05) is 0 Å². The molecule has 1 aliphatic carbocycles. The van der Waals surface area contributed by atoms with E-state index in [1.54, 1.807) is 0 Å². The molecule has 1 aromatic rings. The molecule has 110 valence electrons. The molecule has 7 nitrogen and oxygen atoms in total. The second kappa shape index (κ2) is 5.37. The second-order valence-electron chi connectivity index (χ2n) is 5.00. The van der Waals surface area contributed by atoms with Crippen molar-refractivity contribution in [1.82, 2.24) is 0 Å². The Labute approximate surface area is 116 Å². The molecule has 0 bridgehead atoms. The summed E-state index contributed by atoms with van der Waals surface area (Å²) >= 11 is 0. The first-order chi connectivity index (χ1) is 9.29. The number of sulfone groups is 1. The molecule has 0 aromatic heterocycles. The summed E-state index contributed by atoms with van der Waals surface area (Å²) in [5.41, 5.74) is -0.00323. The van der Waals surface area contributed by atoms with E-state index in [2.05, 4.69) is 5.32 Å². The Morgan fingerprint density at radius 3 is 2.65 bits per heavy atom. The van der Waals surface area contributed by atoms with Crippen LogP contribution in [0.3, 0.4) is 0 Å². The molecular formula is C12H16N2O5S. The second-order valence-corrected chi connectivity index (χ2v) is 6.98. The monoisotopic (exact) mass is 300 g/mol. The van der Waals surface area contributed by atoms with Crippen LogP contribution >= 0.6 is 0 Å². The summed E-state index contributed by atoms with van der Waals surface area (Å²) in [5.74, 6) is 0.266. The molecule has 1 fully saturated rings. The number of benzene rings is 1. The highest BCUT2D eigenvalue weighted by Gasteiger charge is 2.29. The third kappa shape index (κ3) is 3.45. The van der Waals surface area contributed by atoms with Crippen LogP contribution in [-0.4, -0.2) is 37.4 Å². The third-order valence-electron chi connectivity index (χ3n) is 3.24. The summed E-state index contributed by atoms with van der Waals surface area (Å²) in [4.78, 5) is 9.93. The maximum absolute atomic E-state index is 11.7. The molecule has 1 aromatic carbocycles. The van der Waals surface area contributed by atoms with Crippen LogP contribution in [0, 0.1) is 16.0 Å². The Morgan fingerprint density at radius 2 is 2.15 bits per heavy atom. The number of aliphatic hydroxyl groups excluding tert-OH is 1. The van der Waals surface area contributed by atoms with Crippen LogP contribution in [0.25, 0.3) is 0 Å². The smallest absolute Gasteiger partial charge is 0.270 e. The SMILES string of the molecule is CS(=O)(=O)c1cc([N+](=O)[O-])ccc1NCC(O)C1CC1. The fraction of sp³-hybridized carbons (Fsp3) is 0.500. The van der Waals surface area contributed by atoms with E-state index in [4.69, 9.17) is 0 Å². The largest absolute Gasteiger partial charge is 0.391 e. The Morgan fingerprint density at radius 1 is 1.50 bits per heavy atom. The molecule has 1 aliphatic rings. The van der Waals surface area contributed by atoms with E-state index < -0.39 is 20.9 Å². The van der Waals surface area contributed by atoms with Crippen molar-refractivity contribution in [3.63, 3.8) is 0 Å². The first kappa shape index (κ1) is 14.7. The molecule has 1 atom stereocenters. The van der Waals surface area contributed by atoms with Crippen LogP contribution in [0.2, 0.25) is 0 Å². The third-order valence-corrected chi connectivity index (χ3v) is 4.38. The molecule has 0 amide bonds. The molecule has 0 heterocycles. The standard InChI is InChI=1S/C12H16N2O5S/c1-20(18,19)12-6-9(14(16)17)4-5-10(12)13-7-11(15)8-2-3-8/h4-6,8,11,13,15H,2-3,7H2,1H3.